The van der Waals surface area contributed by atoms with Crippen molar-refractivity contribution >= 4 is 5.91 Å². The van der Waals surface area contributed by atoms with Gasteiger partial charge in [-0.3, -0.25) is 9.69 Å². The molecule has 0 radical (unpaired) electrons. The van der Waals surface area contributed by atoms with E-state index in [0.717, 1.165) is 17.7 Å². The number of alkyl halides is 3. The van der Waals surface area contributed by atoms with Crippen LogP contribution >= 0.6 is 0 Å². The summed E-state index contributed by atoms with van der Waals surface area (Å²) in [5.74, 6) is 0.407. The fourth-order valence-electron chi connectivity index (χ4n) is 3.30. The molecule has 0 aromatic heterocycles. The molecule has 1 heterocycles. The van der Waals surface area contributed by atoms with Crippen LogP contribution in [0.4, 0.5) is 13.2 Å². The molecule has 0 N–H and O–H groups in total. The lowest BCUT2D eigenvalue weighted by Crippen LogP contribution is -2.51. The number of piperazine rings is 1. The Labute approximate surface area is 173 Å². The number of amides is 1. The van der Waals surface area contributed by atoms with Crippen LogP contribution in [0.5, 0.6) is 5.75 Å². The van der Waals surface area contributed by atoms with E-state index in [1.165, 1.54) is 12.1 Å². The highest BCUT2D eigenvalue weighted by Gasteiger charge is 2.30. The second kappa shape index (κ2) is 9.18. The molecule has 2 aromatic carbocycles. The van der Waals surface area contributed by atoms with Gasteiger partial charge in [-0.05, 0) is 48.9 Å². The predicted molar refractivity (Wildman–Crippen MR) is 105 cm³/mol. The normalized spacial score (nSPS) is 16.0. The lowest BCUT2D eigenvalue weighted by molar-refractivity contribution is -0.139. The summed E-state index contributed by atoms with van der Waals surface area (Å²) < 4.78 is 43.7. The third-order valence-electron chi connectivity index (χ3n) is 5.02. The average Bonchev–Trinajstić information content (AvgIpc) is 2.74. The van der Waals surface area contributed by atoms with Crippen LogP contribution < -0.4 is 4.74 Å². The zero-order valence-electron chi connectivity index (χ0n) is 16.5. The summed E-state index contributed by atoms with van der Waals surface area (Å²) in [7, 11) is 0. The smallest absolute Gasteiger partial charge is 0.416 e. The van der Waals surface area contributed by atoms with E-state index in [4.69, 9.17) is 10.00 Å². The fraction of sp³-hybridized carbons (Fsp3) is 0.364. The molecule has 0 spiro atoms. The summed E-state index contributed by atoms with van der Waals surface area (Å²) >= 11 is 0. The predicted octanol–water partition coefficient (Wildman–Crippen LogP) is 3.69. The van der Waals surface area contributed by atoms with Gasteiger partial charge in [0, 0.05) is 32.7 Å². The number of benzene rings is 2. The number of carbonyl (C=O) groups is 1. The Morgan fingerprint density at radius 2 is 1.67 bits per heavy atom. The second-order valence-corrected chi connectivity index (χ2v) is 7.19. The number of nitrogens with zero attached hydrogens (tertiary/aromatic N) is 3. The van der Waals surface area contributed by atoms with Gasteiger partial charge in [0.15, 0.2) is 6.10 Å². The molecule has 2 aromatic rings. The molecule has 1 fully saturated rings. The van der Waals surface area contributed by atoms with Crippen molar-refractivity contribution in [2.75, 3.05) is 26.2 Å². The Morgan fingerprint density at radius 1 is 1.07 bits per heavy atom. The summed E-state index contributed by atoms with van der Waals surface area (Å²) in [4.78, 5) is 16.5. The number of rotatable bonds is 5. The number of hydrogen-bond acceptors (Lipinski definition) is 4. The van der Waals surface area contributed by atoms with E-state index in [1.807, 2.05) is 6.07 Å². The molecule has 1 aliphatic heterocycles. The maximum Gasteiger partial charge on any atom is 0.416 e. The molecule has 1 atom stereocenters. The summed E-state index contributed by atoms with van der Waals surface area (Å²) in [5.41, 5.74) is 0.670. The van der Waals surface area contributed by atoms with Gasteiger partial charge in [-0.2, -0.15) is 18.4 Å². The minimum absolute atomic E-state index is 0.117. The number of ether oxygens (including phenoxy) is 1. The first-order valence-corrected chi connectivity index (χ1v) is 9.60. The van der Waals surface area contributed by atoms with E-state index in [9.17, 15) is 18.0 Å². The maximum absolute atomic E-state index is 12.7. The fourth-order valence-corrected chi connectivity index (χ4v) is 3.30. The van der Waals surface area contributed by atoms with Gasteiger partial charge in [-0.25, -0.2) is 0 Å². The molecule has 1 amide bonds. The van der Waals surface area contributed by atoms with E-state index >= 15 is 0 Å². The van der Waals surface area contributed by atoms with Crippen molar-refractivity contribution < 1.29 is 22.7 Å². The first-order valence-electron chi connectivity index (χ1n) is 9.60. The molecule has 158 valence electrons. The highest BCUT2D eigenvalue weighted by atomic mass is 19.4. The molecule has 8 heteroatoms. The topological polar surface area (TPSA) is 56.6 Å². The van der Waals surface area contributed by atoms with E-state index in [0.29, 0.717) is 44.0 Å². The maximum atomic E-state index is 12.7. The number of carbonyl (C=O) groups excluding carboxylic acids is 1. The standard InChI is InChI=1S/C22H22F3N3O2/c1-16(30-20-8-4-17(14-26)5-9-20)21(29)28-12-10-27(11-13-28)15-18-2-6-19(7-3-18)22(23,24)25/h2-9,16H,10-13,15H2,1H3. The largest absolute Gasteiger partial charge is 0.481 e. The highest BCUT2D eigenvalue weighted by Crippen LogP contribution is 2.29. The minimum atomic E-state index is -4.33. The van der Waals surface area contributed by atoms with Crippen LogP contribution in [0.2, 0.25) is 0 Å². The summed E-state index contributed by atoms with van der Waals surface area (Å²) in [6, 6.07) is 13.8. The van der Waals surface area contributed by atoms with Gasteiger partial charge < -0.3 is 9.64 Å². The van der Waals surface area contributed by atoms with Crippen LogP contribution in [0.3, 0.4) is 0 Å². The number of halogens is 3. The van der Waals surface area contributed by atoms with Crippen molar-refractivity contribution in [3.63, 3.8) is 0 Å². The average molecular weight is 417 g/mol. The van der Waals surface area contributed by atoms with Gasteiger partial charge in [-0.15, -0.1) is 0 Å². The van der Waals surface area contributed by atoms with Crippen molar-refractivity contribution in [2.45, 2.75) is 25.7 Å². The molecular formula is C22H22F3N3O2. The zero-order chi connectivity index (χ0) is 21.7. The van der Waals surface area contributed by atoms with E-state index in [1.54, 1.807) is 36.1 Å². The molecule has 3 rings (SSSR count). The molecule has 30 heavy (non-hydrogen) atoms. The van der Waals surface area contributed by atoms with Gasteiger partial charge in [0.25, 0.3) is 5.91 Å². The van der Waals surface area contributed by atoms with Gasteiger partial charge >= 0.3 is 6.18 Å². The Hall–Kier alpha value is -3.05. The van der Waals surface area contributed by atoms with Crippen LogP contribution in [0, 0.1) is 11.3 Å². The molecule has 1 saturated heterocycles. The van der Waals surface area contributed by atoms with Gasteiger partial charge in [0.1, 0.15) is 5.75 Å². The van der Waals surface area contributed by atoms with Crippen molar-refractivity contribution in [3.05, 3.63) is 65.2 Å². The molecule has 0 saturated carbocycles. The van der Waals surface area contributed by atoms with Crippen LogP contribution in [-0.2, 0) is 17.5 Å². The third-order valence-corrected chi connectivity index (χ3v) is 5.02. The lowest BCUT2D eigenvalue weighted by Gasteiger charge is -2.36. The van der Waals surface area contributed by atoms with Crippen molar-refractivity contribution in [1.29, 1.82) is 5.26 Å². The van der Waals surface area contributed by atoms with Crippen LogP contribution in [0.25, 0.3) is 0 Å². The zero-order valence-corrected chi connectivity index (χ0v) is 16.5. The Morgan fingerprint density at radius 3 is 2.20 bits per heavy atom. The molecule has 1 unspecified atom stereocenters. The second-order valence-electron chi connectivity index (χ2n) is 7.19. The van der Waals surface area contributed by atoms with E-state index in [-0.39, 0.29) is 5.91 Å². The van der Waals surface area contributed by atoms with Crippen LogP contribution in [0.15, 0.2) is 48.5 Å². The Kier molecular flexibility index (Phi) is 6.63. The van der Waals surface area contributed by atoms with Crippen LogP contribution in [-0.4, -0.2) is 48.0 Å². The monoisotopic (exact) mass is 417 g/mol. The van der Waals surface area contributed by atoms with E-state index < -0.39 is 17.8 Å². The molecule has 0 bridgehead atoms. The van der Waals surface area contributed by atoms with Crippen molar-refractivity contribution in [3.8, 4) is 11.8 Å². The van der Waals surface area contributed by atoms with Gasteiger partial charge in [0.2, 0.25) is 0 Å². The molecule has 5 nitrogen and oxygen atoms in total. The quantitative estimate of drug-likeness (QED) is 0.745. The molecular weight excluding hydrogens is 395 g/mol. The van der Waals surface area contributed by atoms with Crippen LogP contribution in [0.1, 0.15) is 23.6 Å². The van der Waals surface area contributed by atoms with Gasteiger partial charge in [-0.1, -0.05) is 12.1 Å². The molecule has 1 aliphatic rings. The third kappa shape index (κ3) is 5.51. The first-order chi connectivity index (χ1) is 14.3. The van der Waals surface area contributed by atoms with Gasteiger partial charge in [0.05, 0.1) is 17.2 Å². The number of hydrogen-bond donors (Lipinski definition) is 0. The summed E-state index contributed by atoms with van der Waals surface area (Å²) in [6.07, 6.45) is -4.99. The van der Waals surface area contributed by atoms with Crippen molar-refractivity contribution in [2.24, 2.45) is 0 Å². The lowest BCUT2D eigenvalue weighted by atomic mass is 10.1. The number of nitriles is 1. The first kappa shape index (κ1) is 21.7. The molecule has 0 aliphatic carbocycles. The van der Waals surface area contributed by atoms with Crippen molar-refractivity contribution in [1.82, 2.24) is 9.80 Å². The SMILES string of the molecule is CC(Oc1ccc(C#N)cc1)C(=O)N1CCN(Cc2ccc(C(F)(F)F)cc2)CC1. The van der Waals surface area contributed by atoms with E-state index in [2.05, 4.69) is 4.90 Å². The Bertz CT molecular complexity index is 897. The minimum Gasteiger partial charge on any atom is -0.481 e. The highest BCUT2D eigenvalue weighted by molar-refractivity contribution is 5.81. The summed E-state index contributed by atoms with van der Waals surface area (Å²) in [5, 5.41) is 8.83. The Balaban J connectivity index is 1.48. The summed E-state index contributed by atoms with van der Waals surface area (Å²) in [6.45, 7) is 4.56.